The largest absolute Gasteiger partial charge is 0.336 e. The van der Waals surface area contributed by atoms with Gasteiger partial charge in [-0.1, -0.05) is 18.2 Å². The number of hydrogen-bond acceptors (Lipinski definition) is 3. The Kier molecular flexibility index (Phi) is 4.98. The van der Waals surface area contributed by atoms with E-state index in [1.807, 2.05) is 36.1 Å². The van der Waals surface area contributed by atoms with Crippen LogP contribution < -0.4 is 5.32 Å². The van der Waals surface area contributed by atoms with E-state index in [1.165, 1.54) is 19.4 Å². The Morgan fingerprint density at radius 2 is 1.83 bits per heavy atom. The van der Waals surface area contributed by atoms with Crippen LogP contribution >= 0.6 is 0 Å². The summed E-state index contributed by atoms with van der Waals surface area (Å²) in [6.07, 6.45) is 5.82. The molecule has 5 rings (SSSR count). The van der Waals surface area contributed by atoms with Crippen molar-refractivity contribution in [2.45, 2.75) is 57.2 Å². The van der Waals surface area contributed by atoms with E-state index in [2.05, 4.69) is 15.1 Å². The summed E-state index contributed by atoms with van der Waals surface area (Å²) in [5.74, 6) is 1.02. The topological polar surface area (TPSA) is 55.9 Å². The first-order valence-electron chi connectivity index (χ1n) is 11.3. The van der Waals surface area contributed by atoms with Gasteiger partial charge >= 0.3 is 6.03 Å². The molecule has 1 aliphatic carbocycles. The molecule has 3 saturated heterocycles. The quantitative estimate of drug-likeness (QED) is 0.851. The van der Waals surface area contributed by atoms with Crippen LogP contribution in [0.15, 0.2) is 24.3 Å². The molecule has 1 saturated carbocycles. The van der Waals surface area contributed by atoms with Gasteiger partial charge in [0.2, 0.25) is 0 Å². The fourth-order valence-corrected chi connectivity index (χ4v) is 5.45. The van der Waals surface area contributed by atoms with Crippen molar-refractivity contribution in [3.8, 4) is 0 Å². The van der Waals surface area contributed by atoms with Crippen molar-refractivity contribution in [3.05, 3.63) is 35.4 Å². The highest BCUT2D eigenvalue weighted by atomic mass is 16.2. The van der Waals surface area contributed by atoms with E-state index in [9.17, 15) is 9.59 Å². The Morgan fingerprint density at radius 1 is 1.07 bits per heavy atom. The number of aryl methyl sites for hydroxylation is 1. The molecule has 0 bridgehead atoms. The number of nitrogens with one attached hydrogen (secondary N) is 1. The van der Waals surface area contributed by atoms with Gasteiger partial charge in [-0.25, -0.2) is 4.79 Å². The lowest BCUT2D eigenvalue weighted by atomic mass is 9.95. The van der Waals surface area contributed by atoms with Crippen LogP contribution in [0.1, 0.15) is 48.0 Å². The van der Waals surface area contributed by atoms with E-state index in [0.717, 1.165) is 55.9 Å². The zero-order valence-corrected chi connectivity index (χ0v) is 17.3. The van der Waals surface area contributed by atoms with Crippen LogP contribution in [0.5, 0.6) is 0 Å². The van der Waals surface area contributed by atoms with E-state index < -0.39 is 0 Å². The third kappa shape index (κ3) is 3.75. The molecule has 0 radical (unpaired) electrons. The van der Waals surface area contributed by atoms with Crippen LogP contribution in [-0.4, -0.2) is 77.5 Å². The van der Waals surface area contributed by atoms with Gasteiger partial charge in [-0.2, -0.15) is 0 Å². The van der Waals surface area contributed by atoms with Gasteiger partial charge in [0, 0.05) is 44.3 Å². The van der Waals surface area contributed by atoms with Gasteiger partial charge in [0.05, 0.1) is 12.1 Å². The maximum absolute atomic E-state index is 13.0. The molecule has 1 aromatic rings. The van der Waals surface area contributed by atoms with E-state index in [-0.39, 0.29) is 24.0 Å². The monoisotopic (exact) mass is 396 g/mol. The third-order valence-corrected chi connectivity index (χ3v) is 7.30. The molecule has 3 heterocycles. The lowest BCUT2D eigenvalue weighted by Crippen LogP contribution is -2.55. The SMILES string of the molecule is Cc1ccccc1C(=O)N1CCC2C(C1)NC(=O)N2C1CCN(CC2CC2)CC1. The molecule has 2 unspecified atom stereocenters. The number of hydrogen-bond donors (Lipinski definition) is 1. The molecule has 4 fully saturated rings. The predicted molar refractivity (Wildman–Crippen MR) is 112 cm³/mol. The highest BCUT2D eigenvalue weighted by Crippen LogP contribution is 2.33. The second kappa shape index (κ2) is 7.63. The molecule has 4 aliphatic rings. The van der Waals surface area contributed by atoms with Gasteiger partial charge in [-0.15, -0.1) is 0 Å². The fourth-order valence-electron chi connectivity index (χ4n) is 5.45. The first-order valence-corrected chi connectivity index (χ1v) is 11.3. The molecular formula is C23H32N4O2. The summed E-state index contributed by atoms with van der Waals surface area (Å²) in [5, 5.41) is 3.19. The van der Waals surface area contributed by atoms with Gasteiger partial charge in [0.1, 0.15) is 0 Å². The van der Waals surface area contributed by atoms with Crippen LogP contribution in [0.3, 0.4) is 0 Å². The summed E-state index contributed by atoms with van der Waals surface area (Å²) < 4.78 is 0. The average molecular weight is 397 g/mol. The van der Waals surface area contributed by atoms with Crippen LogP contribution in [0.4, 0.5) is 4.79 Å². The number of carbonyl (C=O) groups excluding carboxylic acids is 2. The number of benzene rings is 1. The first-order chi connectivity index (χ1) is 14.1. The Labute approximate surface area is 173 Å². The normalized spacial score (nSPS) is 28.4. The Morgan fingerprint density at radius 3 is 2.55 bits per heavy atom. The molecule has 0 aromatic heterocycles. The number of rotatable bonds is 4. The minimum Gasteiger partial charge on any atom is -0.336 e. The maximum Gasteiger partial charge on any atom is 0.318 e. The Bertz CT molecular complexity index is 785. The molecule has 0 spiro atoms. The molecule has 29 heavy (non-hydrogen) atoms. The lowest BCUT2D eigenvalue weighted by molar-refractivity contribution is 0.0587. The minimum absolute atomic E-state index is 0.0497. The van der Waals surface area contributed by atoms with E-state index >= 15 is 0 Å². The molecule has 6 heteroatoms. The maximum atomic E-state index is 13.0. The molecule has 3 amide bonds. The van der Waals surface area contributed by atoms with Gasteiger partial charge in [0.15, 0.2) is 0 Å². The fraction of sp³-hybridized carbons (Fsp3) is 0.652. The predicted octanol–water partition coefficient (Wildman–Crippen LogP) is 2.48. The molecule has 1 N–H and O–H groups in total. The number of nitrogens with zero attached hydrogens (tertiary/aromatic N) is 3. The number of piperidine rings is 2. The number of likely N-dealkylation sites (tertiary alicyclic amines) is 2. The molecule has 2 atom stereocenters. The summed E-state index contributed by atoms with van der Waals surface area (Å²) in [7, 11) is 0. The summed E-state index contributed by atoms with van der Waals surface area (Å²) in [6, 6.07) is 8.46. The number of amides is 3. The second-order valence-corrected chi connectivity index (χ2v) is 9.36. The summed E-state index contributed by atoms with van der Waals surface area (Å²) in [5.41, 5.74) is 1.78. The molecule has 1 aromatic carbocycles. The molecule has 3 aliphatic heterocycles. The highest BCUT2D eigenvalue weighted by molar-refractivity contribution is 5.95. The second-order valence-electron chi connectivity index (χ2n) is 9.36. The van der Waals surface area contributed by atoms with E-state index in [1.54, 1.807) is 0 Å². The smallest absolute Gasteiger partial charge is 0.318 e. The first kappa shape index (κ1) is 18.9. The standard InChI is InChI=1S/C23H32N4O2/c1-16-4-2-3-5-19(16)22(28)26-13-10-21-20(15-26)24-23(29)27(21)18-8-11-25(12-9-18)14-17-6-7-17/h2-5,17-18,20-21H,6-15H2,1H3,(H,24,29). The minimum atomic E-state index is 0.0497. The van der Waals surface area contributed by atoms with Crippen molar-refractivity contribution >= 4 is 11.9 Å². The van der Waals surface area contributed by atoms with Crippen molar-refractivity contribution in [2.24, 2.45) is 5.92 Å². The van der Waals surface area contributed by atoms with Gasteiger partial charge in [-0.3, -0.25) is 4.79 Å². The molecular weight excluding hydrogens is 364 g/mol. The zero-order valence-electron chi connectivity index (χ0n) is 17.3. The van der Waals surface area contributed by atoms with Crippen molar-refractivity contribution in [1.29, 1.82) is 0 Å². The lowest BCUT2D eigenvalue weighted by Gasteiger charge is -2.42. The number of carbonyl (C=O) groups is 2. The van der Waals surface area contributed by atoms with E-state index in [4.69, 9.17) is 0 Å². The summed E-state index contributed by atoms with van der Waals surface area (Å²) in [4.78, 5) is 32.4. The Balaban J connectivity index is 1.21. The van der Waals surface area contributed by atoms with Gasteiger partial charge < -0.3 is 20.0 Å². The zero-order chi connectivity index (χ0) is 20.0. The van der Waals surface area contributed by atoms with Crippen molar-refractivity contribution < 1.29 is 9.59 Å². The van der Waals surface area contributed by atoms with Crippen LogP contribution in [0.25, 0.3) is 0 Å². The van der Waals surface area contributed by atoms with Crippen LogP contribution in [0, 0.1) is 12.8 Å². The summed E-state index contributed by atoms with van der Waals surface area (Å²) >= 11 is 0. The van der Waals surface area contributed by atoms with Gasteiger partial charge in [0.25, 0.3) is 5.91 Å². The van der Waals surface area contributed by atoms with Crippen LogP contribution in [-0.2, 0) is 0 Å². The van der Waals surface area contributed by atoms with Crippen molar-refractivity contribution in [2.75, 3.05) is 32.7 Å². The number of urea groups is 1. The van der Waals surface area contributed by atoms with Crippen molar-refractivity contribution in [1.82, 2.24) is 20.0 Å². The Hall–Kier alpha value is -2.08. The van der Waals surface area contributed by atoms with E-state index in [0.29, 0.717) is 12.6 Å². The van der Waals surface area contributed by atoms with Gasteiger partial charge in [-0.05, 0) is 56.6 Å². The number of fused-ring (bicyclic) bond motifs is 1. The highest BCUT2D eigenvalue weighted by Gasteiger charge is 2.46. The van der Waals surface area contributed by atoms with Crippen molar-refractivity contribution in [3.63, 3.8) is 0 Å². The summed E-state index contributed by atoms with van der Waals surface area (Å²) in [6.45, 7) is 6.79. The molecule has 6 nitrogen and oxygen atoms in total. The average Bonchev–Trinajstić information content (AvgIpc) is 3.48. The molecule has 156 valence electrons. The third-order valence-electron chi connectivity index (χ3n) is 7.30. The van der Waals surface area contributed by atoms with Crippen LogP contribution in [0.2, 0.25) is 0 Å².